The van der Waals surface area contributed by atoms with E-state index in [1.165, 1.54) is 23.9 Å². The minimum atomic E-state index is -1.32. The van der Waals surface area contributed by atoms with Crippen LogP contribution in [0.15, 0.2) is 29.5 Å². The largest absolute Gasteiger partial charge is 0.477 e. The molecule has 1 amide bonds. The number of aliphatic carboxylic acids is 1. The highest BCUT2D eigenvalue weighted by atomic mass is 32.2. The zero-order valence-electron chi connectivity index (χ0n) is 16.4. The highest BCUT2D eigenvalue weighted by Crippen LogP contribution is 2.39. The number of ether oxygens (including phenoxy) is 3. The van der Waals surface area contributed by atoms with Crippen LogP contribution in [0.5, 0.6) is 11.5 Å². The van der Waals surface area contributed by atoms with Crippen LogP contribution in [0.4, 0.5) is 0 Å². The number of amides is 1. The van der Waals surface area contributed by atoms with Crippen LogP contribution in [0.3, 0.4) is 0 Å². The molecular weight excluding hydrogens is 432 g/mol. The Morgan fingerprint density at radius 3 is 2.42 bits per heavy atom. The van der Waals surface area contributed by atoms with Gasteiger partial charge in [-0.15, -0.1) is 11.8 Å². The minimum Gasteiger partial charge on any atom is -0.477 e. The fraction of sp³-hybridized carbons (Fsp3) is 0.316. The number of rotatable bonds is 6. The molecule has 12 heteroatoms. The lowest BCUT2D eigenvalue weighted by atomic mass is 10.0. The van der Waals surface area contributed by atoms with Crippen molar-refractivity contribution in [1.29, 1.82) is 0 Å². The second-order valence-corrected chi connectivity index (χ2v) is 7.72. The molecule has 2 atom stereocenters. The molecule has 1 aromatic carbocycles. The second kappa shape index (κ2) is 8.78. The Labute approximate surface area is 180 Å². The molecule has 2 aliphatic rings. The number of thioether (sulfide) groups is 1. The van der Waals surface area contributed by atoms with Gasteiger partial charge in [-0.05, 0) is 18.2 Å². The van der Waals surface area contributed by atoms with Gasteiger partial charge in [-0.25, -0.2) is 9.59 Å². The Morgan fingerprint density at radius 1 is 1.16 bits per heavy atom. The van der Waals surface area contributed by atoms with Crippen molar-refractivity contribution in [3.8, 4) is 11.5 Å². The van der Waals surface area contributed by atoms with Crippen LogP contribution in [0.1, 0.15) is 24.2 Å². The Morgan fingerprint density at radius 2 is 1.81 bits per heavy atom. The molecule has 0 aliphatic carbocycles. The molecule has 1 aromatic rings. The predicted molar refractivity (Wildman–Crippen MR) is 105 cm³/mol. The summed E-state index contributed by atoms with van der Waals surface area (Å²) in [6.45, 7) is 1.93. The highest BCUT2D eigenvalue weighted by molar-refractivity contribution is 8.00. The van der Waals surface area contributed by atoms with Crippen molar-refractivity contribution in [1.82, 2.24) is 4.90 Å². The average Bonchev–Trinajstić information content (AvgIpc) is 2.70. The molecule has 3 N–H and O–H groups in total. The molecule has 2 heterocycles. The van der Waals surface area contributed by atoms with Gasteiger partial charge in [0.1, 0.15) is 23.7 Å². The molecule has 0 radical (unpaired) electrons. The number of carbonyl (C=O) groups is 5. The topological polar surface area (TPSA) is 163 Å². The monoisotopic (exact) mass is 450 g/mol. The van der Waals surface area contributed by atoms with Crippen LogP contribution in [-0.4, -0.2) is 63.6 Å². The molecule has 1 fully saturated rings. The van der Waals surface area contributed by atoms with Gasteiger partial charge >= 0.3 is 23.9 Å². The van der Waals surface area contributed by atoms with Gasteiger partial charge in [-0.2, -0.15) is 0 Å². The Kier molecular flexibility index (Phi) is 6.32. The van der Waals surface area contributed by atoms with Crippen molar-refractivity contribution in [2.75, 3.05) is 12.4 Å². The number of carboxylic acids is 1. The molecule has 2 aliphatic heterocycles. The standard InChI is InChI=1S/C19H18N2O9S/c1-8(22)29-12-4-3-10(5-13(12)30-9(2)23)19(27)28-6-11-7-31-17-14(20)16(24)21(17)15(11)18(25)26/h3-5,14,17H,6-7,20H2,1-2H3,(H,25,26)/t14-,17-/m0/s1. The molecule has 164 valence electrons. The third-order valence-electron chi connectivity index (χ3n) is 4.36. The highest BCUT2D eigenvalue weighted by Gasteiger charge is 2.51. The van der Waals surface area contributed by atoms with E-state index in [1.807, 2.05) is 0 Å². The van der Waals surface area contributed by atoms with E-state index in [-0.39, 0.29) is 40.7 Å². The zero-order chi connectivity index (χ0) is 22.9. The summed E-state index contributed by atoms with van der Waals surface area (Å²) < 4.78 is 15.1. The van der Waals surface area contributed by atoms with Crippen LogP contribution >= 0.6 is 11.8 Å². The van der Waals surface area contributed by atoms with E-state index >= 15 is 0 Å². The van der Waals surface area contributed by atoms with E-state index in [4.69, 9.17) is 19.9 Å². The van der Waals surface area contributed by atoms with Crippen LogP contribution in [-0.2, 0) is 23.9 Å². The summed E-state index contributed by atoms with van der Waals surface area (Å²) in [5, 5.41) is 9.05. The van der Waals surface area contributed by atoms with Gasteiger partial charge in [0.25, 0.3) is 0 Å². The van der Waals surface area contributed by atoms with E-state index in [0.717, 1.165) is 24.8 Å². The number of carboxylic acid groups (broad SMARTS) is 1. The van der Waals surface area contributed by atoms with Crippen LogP contribution < -0.4 is 15.2 Å². The Bertz CT molecular complexity index is 1020. The number of nitrogens with zero attached hydrogens (tertiary/aromatic N) is 1. The van der Waals surface area contributed by atoms with Gasteiger partial charge in [0.15, 0.2) is 11.5 Å². The molecule has 31 heavy (non-hydrogen) atoms. The second-order valence-electron chi connectivity index (χ2n) is 6.62. The van der Waals surface area contributed by atoms with Crippen LogP contribution in [0.25, 0.3) is 0 Å². The first kappa shape index (κ1) is 22.3. The third kappa shape index (κ3) is 4.54. The first-order valence-electron chi connectivity index (χ1n) is 8.93. The first-order chi connectivity index (χ1) is 14.6. The lowest BCUT2D eigenvalue weighted by Crippen LogP contribution is -2.68. The van der Waals surface area contributed by atoms with E-state index in [1.54, 1.807) is 0 Å². The van der Waals surface area contributed by atoms with Crippen molar-refractivity contribution in [2.24, 2.45) is 5.73 Å². The number of β-lactam (4-membered cyclic amide) rings is 1. The number of benzene rings is 1. The lowest BCUT2D eigenvalue weighted by molar-refractivity contribution is -0.148. The fourth-order valence-corrected chi connectivity index (χ4v) is 4.31. The van der Waals surface area contributed by atoms with Crippen molar-refractivity contribution in [2.45, 2.75) is 25.3 Å². The summed E-state index contributed by atoms with van der Waals surface area (Å²) in [5.74, 6) is -3.99. The van der Waals surface area contributed by atoms with E-state index in [2.05, 4.69) is 0 Å². The zero-order valence-corrected chi connectivity index (χ0v) is 17.3. The van der Waals surface area contributed by atoms with Gasteiger partial charge < -0.3 is 25.1 Å². The average molecular weight is 450 g/mol. The van der Waals surface area contributed by atoms with Gasteiger partial charge in [-0.3, -0.25) is 19.3 Å². The SMILES string of the molecule is CC(=O)Oc1ccc(C(=O)OCC2=C(C(=O)O)N3C(=O)[C@H](N)[C@@H]3SC2)cc1OC(C)=O. The summed E-state index contributed by atoms with van der Waals surface area (Å²) in [7, 11) is 0. The minimum absolute atomic E-state index is 0.0204. The number of hydrogen-bond acceptors (Lipinski definition) is 10. The number of esters is 3. The van der Waals surface area contributed by atoms with Gasteiger partial charge in [0.2, 0.25) is 5.91 Å². The summed E-state index contributed by atoms with van der Waals surface area (Å²) in [6.07, 6.45) is 0. The normalized spacial score (nSPS) is 19.8. The van der Waals surface area contributed by atoms with Crippen LogP contribution in [0, 0.1) is 0 Å². The lowest BCUT2D eigenvalue weighted by Gasteiger charge is -2.47. The summed E-state index contributed by atoms with van der Waals surface area (Å²) >= 11 is 1.28. The maximum absolute atomic E-state index is 12.5. The van der Waals surface area contributed by atoms with Crippen LogP contribution in [0.2, 0.25) is 0 Å². The molecule has 11 nitrogen and oxygen atoms in total. The Hall–Kier alpha value is -3.38. The molecular formula is C19H18N2O9S. The van der Waals surface area contributed by atoms with Gasteiger partial charge in [0.05, 0.1) is 5.56 Å². The molecule has 3 rings (SSSR count). The van der Waals surface area contributed by atoms with Gasteiger partial charge in [-0.1, -0.05) is 0 Å². The molecule has 0 spiro atoms. The predicted octanol–water partition coefficient (Wildman–Crippen LogP) is 0.275. The Balaban J connectivity index is 1.78. The molecule has 0 unspecified atom stereocenters. The van der Waals surface area contributed by atoms with Gasteiger partial charge in [0, 0.05) is 25.2 Å². The first-order valence-corrected chi connectivity index (χ1v) is 9.98. The summed E-state index contributed by atoms with van der Waals surface area (Å²) in [5.41, 5.74) is 5.68. The quantitative estimate of drug-likeness (QED) is 0.347. The number of nitrogens with two attached hydrogens (primary N) is 1. The van der Waals surface area contributed by atoms with E-state index in [9.17, 15) is 29.1 Å². The maximum Gasteiger partial charge on any atom is 0.352 e. The van der Waals surface area contributed by atoms with E-state index < -0.39 is 41.2 Å². The summed E-state index contributed by atoms with van der Waals surface area (Å²) in [4.78, 5) is 59.7. The van der Waals surface area contributed by atoms with Crippen molar-refractivity contribution in [3.63, 3.8) is 0 Å². The van der Waals surface area contributed by atoms with E-state index in [0.29, 0.717) is 0 Å². The third-order valence-corrected chi connectivity index (χ3v) is 5.72. The number of fused-ring (bicyclic) bond motifs is 1. The molecule has 0 aromatic heterocycles. The van der Waals surface area contributed by atoms with Crippen molar-refractivity contribution < 1.29 is 43.3 Å². The summed E-state index contributed by atoms with van der Waals surface area (Å²) in [6, 6.07) is 2.96. The maximum atomic E-state index is 12.5. The smallest absolute Gasteiger partial charge is 0.352 e. The fourth-order valence-electron chi connectivity index (χ4n) is 3.04. The molecule has 0 saturated carbocycles. The molecule has 0 bridgehead atoms. The number of hydrogen-bond donors (Lipinski definition) is 2. The number of carbonyl (C=O) groups excluding carboxylic acids is 4. The van der Waals surface area contributed by atoms with Crippen molar-refractivity contribution >= 4 is 41.5 Å². The van der Waals surface area contributed by atoms with Crippen molar-refractivity contribution in [3.05, 3.63) is 35.0 Å². The molecule has 1 saturated heterocycles.